The zero-order chi connectivity index (χ0) is 16.5. The molecule has 0 atom stereocenters. The van der Waals surface area contributed by atoms with E-state index in [0.717, 1.165) is 11.1 Å². The van der Waals surface area contributed by atoms with E-state index >= 15 is 0 Å². The molecule has 4 heteroatoms. The number of hydrogen-bond donors (Lipinski definition) is 1. The van der Waals surface area contributed by atoms with Crippen LogP contribution in [0.1, 0.15) is 18.1 Å². The molecular formula is C19H19NO3. The smallest absolute Gasteiger partial charge is 0.310 e. The standard InChI is InChI=1S/C19H19NO3/c1-15(21)20-18-11-9-17(10-12-18)14-19(22)23-13-5-8-16-6-3-2-4-7-16/h2-12H,13-14H2,1H3,(H,20,21)/b8-5+. The molecule has 2 aromatic carbocycles. The van der Waals surface area contributed by atoms with Crippen molar-refractivity contribution in [1.29, 1.82) is 0 Å². The fourth-order valence-corrected chi connectivity index (χ4v) is 2.02. The predicted octanol–water partition coefficient (Wildman–Crippen LogP) is 3.44. The molecule has 1 amide bonds. The number of benzene rings is 2. The number of anilines is 1. The molecule has 0 saturated carbocycles. The summed E-state index contributed by atoms with van der Waals surface area (Å²) in [5.41, 5.74) is 2.62. The fourth-order valence-electron chi connectivity index (χ4n) is 2.02. The van der Waals surface area contributed by atoms with Crippen LogP contribution in [0.5, 0.6) is 0 Å². The van der Waals surface area contributed by atoms with Crippen molar-refractivity contribution in [3.63, 3.8) is 0 Å². The van der Waals surface area contributed by atoms with Gasteiger partial charge in [-0.25, -0.2) is 0 Å². The minimum Gasteiger partial charge on any atom is -0.461 e. The molecule has 0 spiro atoms. The van der Waals surface area contributed by atoms with Crippen LogP contribution in [0, 0.1) is 0 Å². The Kier molecular flexibility index (Phi) is 6.12. The molecule has 0 radical (unpaired) electrons. The van der Waals surface area contributed by atoms with Crippen molar-refractivity contribution in [1.82, 2.24) is 0 Å². The van der Waals surface area contributed by atoms with Gasteiger partial charge < -0.3 is 10.1 Å². The van der Waals surface area contributed by atoms with Gasteiger partial charge in [0.1, 0.15) is 6.61 Å². The Balaban J connectivity index is 1.76. The number of rotatable bonds is 6. The van der Waals surface area contributed by atoms with Crippen LogP contribution >= 0.6 is 0 Å². The lowest BCUT2D eigenvalue weighted by molar-refractivity contribution is -0.141. The highest BCUT2D eigenvalue weighted by molar-refractivity contribution is 5.88. The van der Waals surface area contributed by atoms with Crippen LogP contribution in [0.3, 0.4) is 0 Å². The minimum absolute atomic E-state index is 0.123. The molecule has 2 rings (SSSR count). The van der Waals surface area contributed by atoms with Crippen LogP contribution in [0.4, 0.5) is 5.69 Å². The van der Waals surface area contributed by atoms with Crippen molar-refractivity contribution in [2.75, 3.05) is 11.9 Å². The fraction of sp³-hybridized carbons (Fsp3) is 0.158. The summed E-state index contributed by atoms with van der Waals surface area (Å²) in [5, 5.41) is 2.68. The Bertz CT molecular complexity index is 676. The van der Waals surface area contributed by atoms with Crippen LogP contribution in [-0.4, -0.2) is 18.5 Å². The monoisotopic (exact) mass is 309 g/mol. The predicted molar refractivity (Wildman–Crippen MR) is 90.9 cm³/mol. The highest BCUT2D eigenvalue weighted by atomic mass is 16.5. The number of hydrogen-bond acceptors (Lipinski definition) is 3. The van der Waals surface area contributed by atoms with E-state index in [1.807, 2.05) is 42.5 Å². The third-order valence-electron chi connectivity index (χ3n) is 3.07. The minimum atomic E-state index is -0.282. The van der Waals surface area contributed by atoms with Crippen molar-refractivity contribution in [3.8, 4) is 0 Å². The van der Waals surface area contributed by atoms with Crippen LogP contribution in [-0.2, 0) is 20.7 Å². The zero-order valence-corrected chi connectivity index (χ0v) is 13.0. The van der Waals surface area contributed by atoms with E-state index in [1.54, 1.807) is 24.3 Å². The van der Waals surface area contributed by atoms with Gasteiger partial charge in [-0.05, 0) is 29.3 Å². The summed E-state index contributed by atoms with van der Waals surface area (Å²) in [7, 11) is 0. The van der Waals surface area contributed by atoms with Crippen molar-refractivity contribution < 1.29 is 14.3 Å². The molecule has 0 bridgehead atoms. The van der Waals surface area contributed by atoms with Crippen molar-refractivity contribution in [2.24, 2.45) is 0 Å². The number of amides is 1. The average molecular weight is 309 g/mol. The summed E-state index contributed by atoms with van der Waals surface area (Å²) in [6.45, 7) is 1.70. The van der Waals surface area contributed by atoms with Gasteiger partial charge in [0.2, 0.25) is 5.91 Å². The van der Waals surface area contributed by atoms with Gasteiger partial charge in [-0.2, -0.15) is 0 Å². The first-order chi connectivity index (χ1) is 11.1. The zero-order valence-electron chi connectivity index (χ0n) is 13.0. The highest BCUT2D eigenvalue weighted by Gasteiger charge is 2.04. The molecule has 0 aliphatic heterocycles. The molecule has 0 unspecified atom stereocenters. The first kappa shape index (κ1) is 16.5. The molecule has 0 aromatic heterocycles. The Morgan fingerprint density at radius 3 is 2.39 bits per heavy atom. The normalized spacial score (nSPS) is 10.5. The molecule has 0 aliphatic carbocycles. The molecule has 0 heterocycles. The van der Waals surface area contributed by atoms with Gasteiger partial charge in [0, 0.05) is 12.6 Å². The van der Waals surface area contributed by atoms with Crippen LogP contribution < -0.4 is 5.32 Å². The SMILES string of the molecule is CC(=O)Nc1ccc(CC(=O)OC/C=C/c2ccccc2)cc1. The Labute approximate surface area is 135 Å². The van der Waals surface area contributed by atoms with Crippen molar-refractivity contribution in [2.45, 2.75) is 13.3 Å². The summed E-state index contributed by atoms with van der Waals surface area (Å²) in [5.74, 6) is -0.405. The number of nitrogens with one attached hydrogen (secondary N) is 1. The van der Waals surface area contributed by atoms with Gasteiger partial charge >= 0.3 is 5.97 Å². The lowest BCUT2D eigenvalue weighted by Gasteiger charge is -2.05. The third kappa shape index (κ3) is 6.18. The first-order valence-corrected chi connectivity index (χ1v) is 7.37. The molecule has 118 valence electrons. The topological polar surface area (TPSA) is 55.4 Å². The lowest BCUT2D eigenvalue weighted by Crippen LogP contribution is -2.08. The molecule has 2 aromatic rings. The van der Waals surface area contributed by atoms with Crippen molar-refractivity contribution >= 4 is 23.6 Å². The quantitative estimate of drug-likeness (QED) is 0.832. The molecule has 0 fully saturated rings. The second-order valence-electron chi connectivity index (χ2n) is 5.05. The van der Waals surface area contributed by atoms with Gasteiger partial charge in [-0.15, -0.1) is 0 Å². The van der Waals surface area contributed by atoms with E-state index in [4.69, 9.17) is 4.74 Å². The Morgan fingerprint density at radius 2 is 1.74 bits per heavy atom. The third-order valence-corrected chi connectivity index (χ3v) is 3.07. The highest BCUT2D eigenvalue weighted by Crippen LogP contribution is 2.10. The molecule has 1 N–H and O–H groups in total. The molecule has 0 saturated heterocycles. The Morgan fingerprint density at radius 1 is 1.04 bits per heavy atom. The number of esters is 1. The molecule has 0 aliphatic rings. The van der Waals surface area contributed by atoms with E-state index in [-0.39, 0.29) is 24.9 Å². The molecular weight excluding hydrogens is 290 g/mol. The van der Waals surface area contributed by atoms with Crippen LogP contribution in [0.2, 0.25) is 0 Å². The largest absolute Gasteiger partial charge is 0.461 e. The Hall–Kier alpha value is -2.88. The summed E-state index contributed by atoms with van der Waals surface area (Å²) >= 11 is 0. The van der Waals surface area contributed by atoms with Gasteiger partial charge in [0.05, 0.1) is 6.42 Å². The number of carbonyl (C=O) groups is 2. The summed E-state index contributed by atoms with van der Waals surface area (Å²) in [6, 6.07) is 16.9. The maximum absolute atomic E-state index is 11.8. The van der Waals surface area contributed by atoms with Gasteiger partial charge in [0.25, 0.3) is 0 Å². The van der Waals surface area contributed by atoms with Crippen LogP contribution in [0.15, 0.2) is 60.7 Å². The number of ether oxygens (including phenoxy) is 1. The lowest BCUT2D eigenvalue weighted by atomic mass is 10.1. The van der Waals surface area contributed by atoms with E-state index < -0.39 is 0 Å². The van der Waals surface area contributed by atoms with Crippen molar-refractivity contribution in [3.05, 3.63) is 71.8 Å². The summed E-state index contributed by atoms with van der Waals surface area (Å²) < 4.78 is 5.17. The maximum Gasteiger partial charge on any atom is 0.310 e. The van der Waals surface area contributed by atoms with Gasteiger partial charge in [-0.3, -0.25) is 9.59 Å². The molecule has 23 heavy (non-hydrogen) atoms. The second-order valence-corrected chi connectivity index (χ2v) is 5.05. The van der Waals surface area contributed by atoms with E-state index in [0.29, 0.717) is 5.69 Å². The maximum atomic E-state index is 11.8. The van der Waals surface area contributed by atoms with Gasteiger partial charge in [-0.1, -0.05) is 48.5 Å². The van der Waals surface area contributed by atoms with Gasteiger partial charge in [0.15, 0.2) is 0 Å². The summed E-state index contributed by atoms with van der Waals surface area (Å²) in [6.07, 6.45) is 3.93. The summed E-state index contributed by atoms with van der Waals surface area (Å²) in [4.78, 5) is 22.7. The van der Waals surface area contributed by atoms with E-state index in [2.05, 4.69) is 5.32 Å². The van der Waals surface area contributed by atoms with Crippen LogP contribution in [0.25, 0.3) is 6.08 Å². The average Bonchev–Trinajstić information content (AvgIpc) is 2.54. The molecule has 4 nitrogen and oxygen atoms in total. The number of carbonyl (C=O) groups excluding carboxylic acids is 2. The second kappa shape index (κ2) is 8.54. The van der Waals surface area contributed by atoms with E-state index in [9.17, 15) is 9.59 Å². The van der Waals surface area contributed by atoms with E-state index in [1.165, 1.54) is 6.92 Å². The first-order valence-electron chi connectivity index (χ1n) is 7.37.